The molecule has 6 rings (SSSR count). The van der Waals surface area contributed by atoms with Crippen molar-refractivity contribution < 1.29 is 17.2 Å². The van der Waals surface area contributed by atoms with Gasteiger partial charge in [0.2, 0.25) is 10.0 Å². The number of rotatable bonds is 6. The molecular weight excluding hydrogens is 635 g/mol. The normalized spacial score (nSPS) is 18.3. The third kappa shape index (κ3) is 4.66. The van der Waals surface area contributed by atoms with Gasteiger partial charge in [-0.25, -0.2) is 24.8 Å². The van der Waals surface area contributed by atoms with E-state index in [4.69, 9.17) is 0 Å². The smallest absolute Gasteiger partial charge is 0.230 e. The molecule has 3 heterocycles. The van der Waals surface area contributed by atoms with Gasteiger partial charge in [-0.15, -0.1) is 0 Å². The Balaban J connectivity index is 1.44. The molecule has 1 atom stereocenters. The van der Waals surface area contributed by atoms with Crippen LogP contribution in [0.1, 0.15) is 23.1 Å². The molecule has 0 bridgehead atoms. The van der Waals surface area contributed by atoms with Gasteiger partial charge in [0.05, 0.1) is 51.9 Å². The van der Waals surface area contributed by atoms with Gasteiger partial charge in [0.15, 0.2) is 11.6 Å². The number of aromatic nitrogens is 4. The minimum Gasteiger partial charge on any atom is -0.230 e. The zero-order valence-electron chi connectivity index (χ0n) is 20.9. The molecule has 1 aliphatic rings. The third-order valence-corrected chi connectivity index (χ3v) is 9.87. The van der Waals surface area contributed by atoms with Crippen molar-refractivity contribution in [2.45, 2.75) is 30.1 Å². The van der Waals surface area contributed by atoms with E-state index in [2.05, 4.69) is 45.2 Å². The summed E-state index contributed by atoms with van der Waals surface area (Å²) >= 11 is 2.09. The van der Waals surface area contributed by atoms with Crippen LogP contribution in [0.4, 0.5) is 8.78 Å². The van der Waals surface area contributed by atoms with Crippen molar-refractivity contribution in [3.63, 3.8) is 0 Å². The molecule has 0 spiro atoms. The van der Waals surface area contributed by atoms with Crippen LogP contribution in [-0.2, 0) is 21.9 Å². The lowest BCUT2D eigenvalue weighted by Gasteiger charge is -2.32. The van der Waals surface area contributed by atoms with E-state index in [1.54, 1.807) is 9.09 Å². The van der Waals surface area contributed by atoms with Gasteiger partial charge in [-0.2, -0.15) is 14.5 Å². The quantitative estimate of drug-likeness (QED) is 0.223. The summed E-state index contributed by atoms with van der Waals surface area (Å²) in [5.41, 5.74) is 4.41. The summed E-state index contributed by atoms with van der Waals surface area (Å²) in [4.78, 5) is -0.249. The van der Waals surface area contributed by atoms with Crippen molar-refractivity contribution >= 4 is 43.8 Å². The predicted molar refractivity (Wildman–Crippen MR) is 153 cm³/mol. The molecule has 1 fully saturated rings. The molecule has 5 aromatic rings. The van der Waals surface area contributed by atoms with Crippen LogP contribution in [-0.4, -0.2) is 43.6 Å². The van der Waals surface area contributed by atoms with Crippen LogP contribution in [0.15, 0.2) is 84.1 Å². The minimum atomic E-state index is -4.03. The third-order valence-electron chi connectivity index (χ3n) is 7.50. The lowest BCUT2D eigenvalue weighted by molar-refractivity contribution is 0.413. The highest BCUT2D eigenvalue weighted by molar-refractivity contribution is 14.1. The minimum absolute atomic E-state index is 0.214. The number of nitrogens with zero attached hydrogens (tertiary/aromatic N) is 5. The van der Waals surface area contributed by atoms with Gasteiger partial charge in [0.1, 0.15) is 5.69 Å². The van der Waals surface area contributed by atoms with Gasteiger partial charge >= 0.3 is 0 Å². The highest BCUT2D eigenvalue weighted by Crippen LogP contribution is 2.42. The zero-order chi connectivity index (χ0) is 27.4. The van der Waals surface area contributed by atoms with Crippen molar-refractivity contribution in [2.75, 3.05) is 13.1 Å². The summed E-state index contributed by atoms with van der Waals surface area (Å²) in [6.07, 6.45) is 6.64. The molecule has 1 aliphatic heterocycles. The van der Waals surface area contributed by atoms with Crippen molar-refractivity contribution in [1.29, 1.82) is 0 Å². The first-order valence-corrected chi connectivity index (χ1v) is 14.8. The monoisotopic (exact) mass is 659 g/mol. The van der Waals surface area contributed by atoms with Crippen LogP contribution in [0.2, 0.25) is 0 Å². The number of hydrogen-bond donors (Lipinski definition) is 0. The van der Waals surface area contributed by atoms with Crippen LogP contribution < -0.4 is 0 Å². The lowest BCUT2D eigenvalue weighted by atomic mass is 9.73. The van der Waals surface area contributed by atoms with Crippen molar-refractivity contribution in [1.82, 2.24) is 22.1 Å². The summed E-state index contributed by atoms with van der Waals surface area (Å²) in [7, 11) is -4.03. The van der Waals surface area contributed by atoms with Crippen molar-refractivity contribution in [2.24, 2.45) is 0 Å². The molecule has 0 N–H and O–H groups in total. The highest BCUT2D eigenvalue weighted by Gasteiger charge is 2.45. The summed E-state index contributed by atoms with van der Waals surface area (Å²) in [5, 5.41) is 9.77. The maximum Gasteiger partial charge on any atom is 0.243 e. The number of benzene rings is 3. The van der Waals surface area contributed by atoms with Crippen LogP contribution in [0.25, 0.3) is 16.6 Å². The Morgan fingerprint density at radius 3 is 2.51 bits per heavy atom. The molecule has 1 saturated heterocycles. The maximum atomic E-state index is 14.0. The number of halogens is 3. The summed E-state index contributed by atoms with van der Waals surface area (Å²) in [6.45, 7) is 2.51. The standard InChI is InChI=1S/C28H24F2IN5O2S/c1-19-11-27-21(15-33-36(27)22-16-32-35(31)17-22)12-24(19)28(14-20-5-3-2-4-6-20)9-10-34(18-28)39(37,38)23-7-8-25(29)26(30)13-23/h2-8,11-13,15-17H,9-10,14,18H2,1H3. The fourth-order valence-corrected chi connectivity index (χ4v) is 7.58. The van der Waals surface area contributed by atoms with E-state index in [0.717, 1.165) is 51.5 Å². The van der Waals surface area contributed by atoms with Gasteiger partial charge < -0.3 is 0 Å². The van der Waals surface area contributed by atoms with E-state index in [0.29, 0.717) is 12.8 Å². The van der Waals surface area contributed by atoms with Gasteiger partial charge in [0, 0.05) is 23.9 Å². The molecule has 2 aromatic heterocycles. The Bertz CT molecular complexity index is 1810. The van der Waals surface area contributed by atoms with Gasteiger partial charge in [-0.05, 0) is 66.8 Å². The number of fused-ring (bicyclic) bond motifs is 1. The Labute approximate surface area is 238 Å². The molecule has 0 saturated carbocycles. The number of aryl methyl sites for hydroxylation is 1. The van der Waals surface area contributed by atoms with E-state index in [-0.39, 0.29) is 18.0 Å². The van der Waals surface area contributed by atoms with Gasteiger partial charge in [-0.3, -0.25) is 0 Å². The Morgan fingerprint density at radius 2 is 1.79 bits per heavy atom. The van der Waals surface area contributed by atoms with Crippen molar-refractivity contribution in [3.05, 3.63) is 108 Å². The average Bonchev–Trinajstić information content (AvgIpc) is 3.64. The molecule has 0 aliphatic carbocycles. The largest absolute Gasteiger partial charge is 0.243 e. The van der Waals surface area contributed by atoms with Crippen molar-refractivity contribution in [3.8, 4) is 5.69 Å². The molecule has 39 heavy (non-hydrogen) atoms. The molecule has 3 aromatic carbocycles. The Morgan fingerprint density at radius 1 is 1.00 bits per heavy atom. The van der Waals surface area contributed by atoms with Crippen LogP contribution in [0.5, 0.6) is 0 Å². The molecule has 1 unspecified atom stereocenters. The Hall–Kier alpha value is -3.16. The number of hydrogen-bond acceptors (Lipinski definition) is 4. The van der Waals surface area contributed by atoms with E-state index in [1.807, 2.05) is 54.3 Å². The Kier molecular flexibility index (Phi) is 6.55. The average molecular weight is 660 g/mol. The van der Waals surface area contributed by atoms with Gasteiger partial charge in [0.25, 0.3) is 0 Å². The molecular formula is C28H24F2IN5O2S. The first-order chi connectivity index (χ1) is 18.7. The molecule has 0 radical (unpaired) electrons. The van der Waals surface area contributed by atoms with Crippen LogP contribution >= 0.6 is 22.9 Å². The first kappa shape index (κ1) is 26.1. The highest BCUT2D eigenvalue weighted by atomic mass is 127. The fraction of sp³-hybridized carbons (Fsp3) is 0.214. The first-order valence-electron chi connectivity index (χ1n) is 12.4. The summed E-state index contributed by atoms with van der Waals surface area (Å²) < 4.78 is 59.5. The molecule has 0 amide bonds. The fourth-order valence-electron chi connectivity index (χ4n) is 5.63. The van der Waals surface area contributed by atoms with E-state index >= 15 is 0 Å². The zero-order valence-corrected chi connectivity index (χ0v) is 23.9. The summed E-state index contributed by atoms with van der Waals surface area (Å²) in [5.74, 6) is -2.26. The molecule has 200 valence electrons. The van der Waals surface area contributed by atoms with E-state index < -0.39 is 27.1 Å². The SMILES string of the molecule is Cc1cc2c(cnn2-c2cnn(I)c2)cc1C1(Cc2ccccc2)CCN(S(=O)(=O)c2ccc(F)c(F)c2)C1. The summed E-state index contributed by atoms with van der Waals surface area (Å²) in [6, 6.07) is 16.9. The predicted octanol–water partition coefficient (Wildman–Crippen LogP) is 5.58. The molecule has 11 heteroatoms. The van der Waals surface area contributed by atoms with Crippen LogP contribution in [0.3, 0.4) is 0 Å². The van der Waals surface area contributed by atoms with Gasteiger partial charge in [-0.1, -0.05) is 30.3 Å². The van der Waals surface area contributed by atoms with E-state index in [1.165, 1.54) is 4.31 Å². The van der Waals surface area contributed by atoms with E-state index in [9.17, 15) is 17.2 Å². The molecule has 7 nitrogen and oxygen atoms in total. The second-order valence-corrected chi connectivity index (χ2v) is 12.9. The number of sulfonamides is 1. The second-order valence-electron chi connectivity index (χ2n) is 9.98. The maximum absolute atomic E-state index is 14.0. The second kappa shape index (κ2) is 9.79. The lowest BCUT2D eigenvalue weighted by Crippen LogP contribution is -2.36. The topological polar surface area (TPSA) is 73.0 Å². The van der Waals surface area contributed by atoms with Crippen LogP contribution in [0, 0.1) is 18.6 Å².